The average molecular weight is 326 g/mol. The van der Waals surface area contributed by atoms with Gasteiger partial charge in [-0.25, -0.2) is 9.97 Å². The van der Waals surface area contributed by atoms with E-state index in [4.69, 9.17) is 5.73 Å². The fourth-order valence-corrected chi connectivity index (χ4v) is 3.06. The minimum Gasteiger partial charge on any atom is -0.384 e. The maximum Gasteiger partial charge on any atom is 0.138 e. The van der Waals surface area contributed by atoms with Crippen molar-refractivity contribution < 1.29 is 0 Å². The molecule has 1 aliphatic rings. The number of anilines is 4. The highest BCUT2D eigenvalue weighted by Gasteiger charge is 2.19. The van der Waals surface area contributed by atoms with Gasteiger partial charge in [-0.15, -0.1) is 0 Å². The Morgan fingerprint density at radius 1 is 1.04 bits per heavy atom. The molecule has 2 heterocycles. The molecule has 1 fully saturated rings. The van der Waals surface area contributed by atoms with Gasteiger partial charge in [0.05, 0.1) is 0 Å². The third kappa shape index (κ3) is 3.59. The molecule has 128 valence electrons. The summed E-state index contributed by atoms with van der Waals surface area (Å²) in [6.45, 7) is 8.94. The molecule has 0 atom stereocenters. The molecule has 3 rings (SSSR count). The van der Waals surface area contributed by atoms with Crippen LogP contribution in [0.4, 0.5) is 23.0 Å². The first-order valence-electron chi connectivity index (χ1n) is 8.45. The molecular weight excluding hydrogens is 300 g/mol. The molecule has 1 aliphatic heterocycles. The lowest BCUT2D eigenvalue weighted by Gasteiger charge is -2.38. The van der Waals surface area contributed by atoms with E-state index in [0.29, 0.717) is 11.9 Å². The van der Waals surface area contributed by atoms with Gasteiger partial charge in [0, 0.05) is 56.7 Å². The molecule has 1 aromatic heterocycles. The van der Waals surface area contributed by atoms with Crippen LogP contribution in [0.1, 0.15) is 13.8 Å². The normalized spacial score (nSPS) is 15.8. The smallest absolute Gasteiger partial charge is 0.138 e. The first-order chi connectivity index (χ1) is 11.5. The highest BCUT2D eigenvalue weighted by atomic mass is 15.3. The molecule has 24 heavy (non-hydrogen) atoms. The van der Waals surface area contributed by atoms with Crippen LogP contribution in [0.25, 0.3) is 0 Å². The van der Waals surface area contributed by atoms with Gasteiger partial charge in [0.2, 0.25) is 0 Å². The Morgan fingerprint density at radius 2 is 1.71 bits per heavy atom. The highest BCUT2D eigenvalue weighted by molar-refractivity contribution is 5.64. The van der Waals surface area contributed by atoms with Crippen LogP contribution in [-0.4, -0.2) is 54.1 Å². The third-order valence-electron chi connectivity index (χ3n) is 4.66. The fourth-order valence-electron chi connectivity index (χ4n) is 3.06. The molecule has 2 aromatic rings. The second-order valence-corrected chi connectivity index (χ2v) is 6.49. The minimum atomic E-state index is 0.478. The molecule has 6 heteroatoms. The molecule has 1 saturated heterocycles. The van der Waals surface area contributed by atoms with Crippen molar-refractivity contribution in [3.63, 3.8) is 0 Å². The Balaban J connectivity index is 1.67. The Morgan fingerprint density at radius 3 is 2.29 bits per heavy atom. The van der Waals surface area contributed by atoms with Crippen LogP contribution in [0.5, 0.6) is 0 Å². The van der Waals surface area contributed by atoms with E-state index in [1.54, 1.807) is 6.07 Å². The van der Waals surface area contributed by atoms with Crippen molar-refractivity contribution in [2.45, 2.75) is 19.9 Å². The molecule has 2 N–H and O–H groups in total. The second kappa shape index (κ2) is 7.05. The van der Waals surface area contributed by atoms with Crippen LogP contribution in [0.2, 0.25) is 0 Å². The maximum absolute atomic E-state index is 5.74. The van der Waals surface area contributed by atoms with Crippen molar-refractivity contribution in [2.75, 3.05) is 48.8 Å². The number of hydrogen-bond acceptors (Lipinski definition) is 6. The lowest BCUT2D eigenvalue weighted by molar-refractivity contribution is 0.209. The van der Waals surface area contributed by atoms with Crippen molar-refractivity contribution in [2.24, 2.45) is 0 Å². The lowest BCUT2D eigenvalue weighted by Crippen LogP contribution is -2.48. The van der Waals surface area contributed by atoms with Gasteiger partial charge in [0.15, 0.2) is 0 Å². The quantitative estimate of drug-likeness (QED) is 0.931. The van der Waals surface area contributed by atoms with Gasteiger partial charge in [-0.3, -0.25) is 4.90 Å². The van der Waals surface area contributed by atoms with E-state index in [0.717, 1.165) is 37.7 Å². The first kappa shape index (κ1) is 16.5. The number of nitrogens with two attached hydrogens (primary N) is 1. The minimum absolute atomic E-state index is 0.478. The van der Waals surface area contributed by atoms with E-state index < -0.39 is 0 Å². The third-order valence-corrected chi connectivity index (χ3v) is 4.66. The molecule has 1 aromatic carbocycles. The zero-order valence-corrected chi connectivity index (χ0v) is 14.7. The fraction of sp³-hybridized carbons (Fsp3) is 0.444. The number of aromatic nitrogens is 2. The van der Waals surface area contributed by atoms with E-state index in [9.17, 15) is 0 Å². The molecule has 0 unspecified atom stereocenters. The number of nitrogens with zero attached hydrogens (tertiary/aromatic N) is 5. The van der Waals surface area contributed by atoms with Crippen molar-refractivity contribution in [1.29, 1.82) is 0 Å². The number of benzene rings is 1. The van der Waals surface area contributed by atoms with Crippen LogP contribution in [-0.2, 0) is 0 Å². The summed E-state index contributed by atoms with van der Waals surface area (Å²) < 4.78 is 0. The second-order valence-electron chi connectivity index (χ2n) is 6.49. The molecule has 6 nitrogen and oxygen atoms in total. The topological polar surface area (TPSA) is 61.5 Å². The molecule has 0 radical (unpaired) electrons. The summed E-state index contributed by atoms with van der Waals surface area (Å²) in [5, 5.41) is 0. The van der Waals surface area contributed by atoms with E-state index in [2.05, 4.69) is 57.9 Å². The van der Waals surface area contributed by atoms with Crippen molar-refractivity contribution in [3.05, 3.63) is 36.7 Å². The Bertz CT molecular complexity index is 661. The maximum atomic E-state index is 5.74. The van der Waals surface area contributed by atoms with E-state index in [1.807, 2.05) is 11.9 Å². The molecule has 0 aliphatic carbocycles. The summed E-state index contributed by atoms with van der Waals surface area (Å²) in [5.41, 5.74) is 8.10. The van der Waals surface area contributed by atoms with Crippen molar-refractivity contribution in [3.8, 4) is 0 Å². The summed E-state index contributed by atoms with van der Waals surface area (Å²) in [5.74, 6) is 1.27. The predicted octanol–water partition coefficient (Wildman–Crippen LogP) is 2.36. The zero-order valence-electron chi connectivity index (χ0n) is 14.7. The molecule has 0 amide bonds. The molecule has 0 saturated carbocycles. The first-order valence-corrected chi connectivity index (χ1v) is 8.45. The zero-order chi connectivity index (χ0) is 17.1. The number of nitrogen functional groups attached to an aromatic ring is 1. The molecule has 0 bridgehead atoms. The van der Waals surface area contributed by atoms with Crippen LogP contribution in [0, 0.1) is 0 Å². The van der Waals surface area contributed by atoms with E-state index in [-0.39, 0.29) is 0 Å². The van der Waals surface area contributed by atoms with E-state index >= 15 is 0 Å². The van der Waals surface area contributed by atoms with Crippen LogP contribution in [0.3, 0.4) is 0 Å². The van der Waals surface area contributed by atoms with Gasteiger partial charge in [0.25, 0.3) is 0 Å². The van der Waals surface area contributed by atoms with Crippen molar-refractivity contribution in [1.82, 2.24) is 14.9 Å². The molecular formula is C18H26N6. The largest absolute Gasteiger partial charge is 0.384 e. The van der Waals surface area contributed by atoms with Gasteiger partial charge in [0.1, 0.15) is 18.0 Å². The lowest BCUT2D eigenvalue weighted by atomic mass is 10.2. The predicted molar refractivity (Wildman–Crippen MR) is 99.9 cm³/mol. The van der Waals surface area contributed by atoms with Gasteiger partial charge in [-0.2, -0.15) is 0 Å². The number of piperazine rings is 1. The van der Waals surface area contributed by atoms with Crippen LogP contribution >= 0.6 is 0 Å². The van der Waals surface area contributed by atoms with Gasteiger partial charge in [-0.1, -0.05) is 0 Å². The number of hydrogen-bond donors (Lipinski definition) is 1. The van der Waals surface area contributed by atoms with E-state index in [1.165, 1.54) is 12.0 Å². The van der Waals surface area contributed by atoms with Crippen LogP contribution < -0.4 is 15.5 Å². The summed E-state index contributed by atoms with van der Waals surface area (Å²) in [7, 11) is 1.98. The van der Waals surface area contributed by atoms with Gasteiger partial charge < -0.3 is 15.5 Å². The summed E-state index contributed by atoms with van der Waals surface area (Å²) in [4.78, 5) is 15.2. The SMILES string of the molecule is CC(C)N1CCN(c2ccc(N(C)c3cc(N)ncn3)cc2)CC1. The average Bonchev–Trinajstić information content (AvgIpc) is 2.61. The Labute approximate surface area is 143 Å². The Kier molecular flexibility index (Phi) is 4.85. The highest BCUT2D eigenvalue weighted by Crippen LogP contribution is 2.25. The summed E-state index contributed by atoms with van der Waals surface area (Å²) >= 11 is 0. The molecule has 0 spiro atoms. The van der Waals surface area contributed by atoms with Gasteiger partial charge in [-0.05, 0) is 38.1 Å². The standard InChI is InChI=1S/C18H26N6/c1-14(2)23-8-10-24(11-9-23)16-6-4-15(5-7-16)22(3)18-12-17(19)20-13-21-18/h4-7,12-14H,8-11H2,1-3H3,(H2,19,20,21). The Hall–Kier alpha value is -2.34. The summed E-state index contributed by atoms with van der Waals surface area (Å²) in [6.07, 6.45) is 1.49. The number of rotatable bonds is 4. The van der Waals surface area contributed by atoms with Crippen molar-refractivity contribution >= 4 is 23.0 Å². The van der Waals surface area contributed by atoms with Crippen LogP contribution in [0.15, 0.2) is 36.7 Å². The summed E-state index contributed by atoms with van der Waals surface area (Å²) in [6, 6.07) is 11.0. The van der Waals surface area contributed by atoms with Gasteiger partial charge >= 0.3 is 0 Å². The monoisotopic (exact) mass is 326 g/mol.